The summed E-state index contributed by atoms with van der Waals surface area (Å²) in [4.78, 5) is 42.9. The van der Waals surface area contributed by atoms with Gasteiger partial charge < -0.3 is 35.5 Å². The molecule has 1 unspecified atom stereocenters. The molecule has 11 nitrogen and oxygen atoms in total. The maximum absolute atomic E-state index is 14.1. The van der Waals surface area contributed by atoms with Gasteiger partial charge in [-0.05, 0) is 88.4 Å². The Morgan fingerprint density at radius 1 is 1.09 bits per heavy atom. The van der Waals surface area contributed by atoms with E-state index in [2.05, 4.69) is 0 Å². The quantitative estimate of drug-likeness (QED) is 0.300. The fourth-order valence-corrected chi connectivity index (χ4v) is 7.16. The zero-order valence-electron chi connectivity index (χ0n) is 25.3. The first-order valence-corrected chi connectivity index (χ1v) is 14.4. The number of nitrogens with zero attached hydrogens (tertiary/aromatic N) is 2. The Kier molecular flexibility index (Phi) is 7.46. The van der Waals surface area contributed by atoms with Crippen molar-refractivity contribution in [2.75, 3.05) is 33.1 Å². The number of hydrogen-bond donors (Lipinski definition) is 5. The molecule has 3 aliphatic rings. The van der Waals surface area contributed by atoms with Crippen molar-refractivity contribution in [3.63, 3.8) is 0 Å². The van der Waals surface area contributed by atoms with Crippen molar-refractivity contribution in [3.05, 3.63) is 62.8 Å². The molecule has 43 heavy (non-hydrogen) atoms. The minimum atomic E-state index is -2.67. The SMILES string of the molecule is Cc1cc(CCCc2cc(N(C)C)c3c(c2O)C(O)=C2C(=O)[C@]4(O)C(O)=C(C(N)=O)C(=O)C(N(C)C)[C@@H]4C[C@@H]2C3)oc1C. The molecule has 0 aliphatic heterocycles. The second kappa shape index (κ2) is 10.6. The number of fused-ring (bicyclic) bond motifs is 3. The van der Waals surface area contributed by atoms with Gasteiger partial charge in [-0.2, -0.15) is 0 Å². The molecule has 1 fully saturated rings. The van der Waals surface area contributed by atoms with Crippen LogP contribution in [0.5, 0.6) is 5.75 Å². The lowest BCUT2D eigenvalue weighted by Crippen LogP contribution is -2.65. The molecule has 0 bridgehead atoms. The van der Waals surface area contributed by atoms with Crippen LogP contribution in [0.3, 0.4) is 0 Å². The number of primary amides is 1. The number of carbonyl (C=O) groups excluding carboxylic acids is 3. The highest BCUT2D eigenvalue weighted by Gasteiger charge is 2.64. The van der Waals surface area contributed by atoms with Gasteiger partial charge >= 0.3 is 0 Å². The molecule has 230 valence electrons. The Morgan fingerprint density at radius 2 is 1.77 bits per heavy atom. The summed E-state index contributed by atoms with van der Waals surface area (Å²) >= 11 is 0. The van der Waals surface area contributed by atoms with Gasteiger partial charge in [0.15, 0.2) is 11.4 Å². The predicted molar refractivity (Wildman–Crippen MR) is 159 cm³/mol. The van der Waals surface area contributed by atoms with Gasteiger partial charge in [-0.3, -0.25) is 19.3 Å². The van der Waals surface area contributed by atoms with Crippen LogP contribution in [0.15, 0.2) is 33.5 Å². The van der Waals surface area contributed by atoms with E-state index in [0.717, 1.165) is 22.8 Å². The molecule has 1 amide bonds. The number of furan rings is 1. The van der Waals surface area contributed by atoms with Gasteiger partial charge in [-0.15, -0.1) is 0 Å². The molecule has 1 saturated carbocycles. The molecule has 3 aliphatic carbocycles. The molecule has 1 heterocycles. The molecule has 0 saturated heterocycles. The van der Waals surface area contributed by atoms with Crippen LogP contribution in [-0.4, -0.2) is 82.6 Å². The first-order chi connectivity index (χ1) is 20.1. The lowest BCUT2D eigenvalue weighted by molar-refractivity contribution is -0.153. The maximum atomic E-state index is 14.1. The van der Waals surface area contributed by atoms with Crippen LogP contribution in [0, 0.1) is 25.7 Å². The third-order valence-corrected chi connectivity index (χ3v) is 9.34. The number of rotatable bonds is 7. The topological polar surface area (TPSA) is 178 Å². The normalized spacial score (nSPS) is 25.2. The highest BCUT2D eigenvalue weighted by Crippen LogP contribution is 2.54. The van der Waals surface area contributed by atoms with E-state index in [1.807, 2.05) is 45.0 Å². The number of aliphatic hydroxyl groups excluding tert-OH is 2. The van der Waals surface area contributed by atoms with Gasteiger partial charge in [0.25, 0.3) is 5.91 Å². The fourth-order valence-electron chi connectivity index (χ4n) is 7.16. The number of likely N-dealkylation sites (N-methyl/N-ethyl adjacent to an activating group) is 1. The van der Waals surface area contributed by atoms with Gasteiger partial charge in [-0.1, -0.05) is 0 Å². The number of carbonyl (C=O) groups is 3. The summed E-state index contributed by atoms with van der Waals surface area (Å²) in [6.07, 6.45) is 2.04. The molecule has 4 atom stereocenters. The number of aliphatic hydroxyl groups is 3. The molecular weight excluding hydrogens is 554 g/mol. The summed E-state index contributed by atoms with van der Waals surface area (Å²) in [5.74, 6) is -4.86. The predicted octanol–water partition coefficient (Wildman–Crippen LogP) is 2.42. The van der Waals surface area contributed by atoms with Crippen molar-refractivity contribution in [1.82, 2.24) is 4.90 Å². The number of Topliss-reactive ketones (excluding diaryl/α,β-unsaturated/α-hetero) is 2. The monoisotopic (exact) mass is 593 g/mol. The Morgan fingerprint density at radius 3 is 2.33 bits per heavy atom. The van der Waals surface area contributed by atoms with E-state index in [9.17, 15) is 34.8 Å². The summed E-state index contributed by atoms with van der Waals surface area (Å²) in [5, 5.41) is 46.0. The van der Waals surface area contributed by atoms with Crippen LogP contribution in [-0.2, 0) is 33.6 Å². The molecule has 5 rings (SSSR count). The van der Waals surface area contributed by atoms with E-state index >= 15 is 0 Å². The maximum Gasteiger partial charge on any atom is 0.255 e. The van der Waals surface area contributed by atoms with E-state index in [0.29, 0.717) is 30.4 Å². The van der Waals surface area contributed by atoms with Crippen LogP contribution in [0.25, 0.3) is 5.76 Å². The van der Waals surface area contributed by atoms with E-state index < -0.39 is 58.0 Å². The summed E-state index contributed by atoms with van der Waals surface area (Å²) in [5.41, 5.74) is 4.88. The minimum Gasteiger partial charge on any atom is -0.508 e. The van der Waals surface area contributed by atoms with Gasteiger partial charge in [0, 0.05) is 37.7 Å². The van der Waals surface area contributed by atoms with Crippen LogP contribution < -0.4 is 10.6 Å². The van der Waals surface area contributed by atoms with Crippen molar-refractivity contribution in [2.24, 2.45) is 17.6 Å². The lowest BCUT2D eigenvalue weighted by Gasteiger charge is -2.50. The molecule has 1 aromatic heterocycles. The third-order valence-electron chi connectivity index (χ3n) is 9.34. The Bertz CT molecular complexity index is 1590. The lowest BCUT2D eigenvalue weighted by atomic mass is 9.57. The zero-order valence-corrected chi connectivity index (χ0v) is 25.3. The Hall–Kier alpha value is -4.09. The van der Waals surface area contributed by atoms with Crippen LogP contribution >= 0.6 is 0 Å². The highest BCUT2D eigenvalue weighted by molar-refractivity contribution is 6.24. The van der Waals surface area contributed by atoms with Crippen LogP contribution in [0.2, 0.25) is 0 Å². The smallest absolute Gasteiger partial charge is 0.255 e. The van der Waals surface area contributed by atoms with Gasteiger partial charge in [0.05, 0.1) is 11.6 Å². The minimum absolute atomic E-state index is 0.0448. The fraction of sp³-hybridized carbons (Fsp3) is 0.469. The molecule has 11 heteroatoms. The zero-order chi connectivity index (χ0) is 31.7. The average molecular weight is 594 g/mol. The first kappa shape index (κ1) is 30.4. The first-order valence-electron chi connectivity index (χ1n) is 14.4. The summed E-state index contributed by atoms with van der Waals surface area (Å²) in [6, 6.07) is 2.75. The number of anilines is 1. The Labute approximate surface area is 249 Å². The number of benzene rings is 1. The van der Waals surface area contributed by atoms with E-state index in [4.69, 9.17) is 10.2 Å². The van der Waals surface area contributed by atoms with E-state index in [-0.39, 0.29) is 29.7 Å². The molecule has 6 N–H and O–H groups in total. The summed E-state index contributed by atoms with van der Waals surface area (Å²) in [6.45, 7) is 3.88. The average Bonchev–Trinajstić information content (AvgIpc) is 3.23. The second-order valence-corrected chi connectivity index (χ2v) is 12.4. The molecule has 0 radical (unpaired) electrons. The van der Waals surface area contributed by atoms with Gasteiger partial charge in [-0.25, -0.2) is 0 Å². The van der Waals surface area contributed by atoms with E-state index in [1.165, 1.54) is 4.90 Å². The molecular formula is C32H39N3O8. The highest BCUT2D eigenvalue weighted by atomic mass is 16.4. The molecule has 0 spiro atoms. The summed E-state index contributed by atoms with van der Waals surface area (Å²) in [7, 11) is 6.85. The van der Waals surface area contributed by atoms with Gasteiger partial charge in [0.2, 0.25) is 5.78 Å². The van der Waals surface area contributed by atoms with Crippen molar-refractivity contribution >= 4 is 28.9 Å². The van der Waals surface area contributed by atoms with Crippen LogP contribution in [0.1, 0.15) is 46.6 Å². The number of aromatic hydroxyl groups is 1. The standard InChI is InChI=1S/C32H39N3O8/c1-14-10-18(43-15(14)2)9-7-8-16-13-21(34(3)4)19-11-17-12-20-25(35(5)6)28(38)24(31(33)41)30(40)32(20,42)29(39)22(17)27(37)23(19)26(16)36/h10,13,17,20,25,36-37,40,42H,7-9,11-12H2,1-6H3,(H2,33,41)/t17-,20-,25?,32-/m0/s1. The third kappa shape index (κ3) is 4.53. The van der Waals surface area contributed by atoms with Gasteiger partial charge in [0.1, 0.15) is 34.4 Å². The van der Waals surface area contributed by atoms with Crippen molar-refractivity contribution in [3.8, 4) is 5.75 Å². The Balaban J connectivity index is 1.61. The van der Waals surface area contributed by atoms with Crippen LogP contribution in [0.4, 0.5) is 5.69 Å². The molecule has 1 aromatic carbocycles. The van der Waals surface area contributed by atoms with Crippen molar-refractivity contribution in [2.45, 2.75) is 57.6 Å². The number of aryl methyl sites for hydroxylation is 4. The van der Waals surface area contributed by atoms with Crippen molar-refractivity contribution < 1.29 is 39.2 Å². The number of phenolic OH excluding ortho intramolecular Hbond substituents is 1. The molecule has 2 aromatic rings. The number of amides is 1. The van der Waals surface area contributed by atoms with E-state index in [1.54, 1.807) is 14.1 Å². The number of ketones is 2. The number of phenols is 1. The second-order valence-electron chi connectivity index (χ2n) is 12.4. The number of hydrogen-bond acceptors (Lipinski definition) is 10. The largest absolute Gasteiger partial charge is 0.508 e. The van der Waals surface area contributed by atoms with Crippen molar-refractivity contribution in [1.29, 1.82) is 0 Å². The number of nitrogens with two attached hydrogens (primary N) is 1. The summed E-state index contributed by atoms with van der Waals surface area (Å²) < 4.78 is 5.78.